The Morgan fingerprint density at radius 1 is 1.06 bits per heavy atom. The first-order chi connectivity index (χ1) is 8.81. The minimum absolute atomic E-state index is 0.417. The van der Waals surface area contributed by atoms with Crippen LogP contribution in [0.3, 0.4) is 0 Å². The zero-order chi connectivity index (χ0) is 13.2. The number of nitrogens with zero attached hydrogens (tertiary/aromatic N) is 2. The fourth-order valence-corrected chi connectivity index (χ4v) is 1.45. The highest BCUT2D eigenvalue weighted by molar-refractivity contribution is 5.60. The highest BCUT2D eigenvalue weighted by Crippen LogP contribution is 2.32. The van der Waals surface area contributed by atoms with Crippen molar-refractivity contribution in [1.82, 2.24) is 0 Å². The fraction of sp³-hybridized carbons (Fsp3) is 0.571. The van der Waals surface area contributed by atoms with Crippen LogP contribution in [0.25, 0.3) is 4.98 Å². The molecule has 0 bridgehead atoms. The van der Waals surface area contributed by atoms with Crippen molar-refractivity contribution < 1.29 is 9.47 Å². The van der Waals surface area contributed by atoms with Crippen molar-refractivity contribution in [3.8, 4) is 11.5 Å². The molecule has 0 unspecified atom stereocenters. The summed E-state index contributed by atoms with van der Waals surface area (Å²) in [7, 11) is 0. The largest absolute Gasteiger partial charge is 0.493 e. The molecule has 0 aliphatic carbocycles. The molecule has 1 aromatic rings. The second-order valence-electron chi connectivity index (χ2n) is 4.13. The molecule has 4 heteroatoms. The molecule has 0 N–H and O–H groups in total. The van der Waals surface area contributed by atoms with E-state index in [9.17, 15) is 0 Å². The summed E-state index contributed by atoms with van der Waals surface area (Å²) in [4.78, 5) is 3.23. The van der Waals surface area contributed by atoms with E-state index in [1.165, 1.54) is 0 Å². The topological polar surface area (TPSA) is 46.6 Å². The monoisotopic (exact) mass is 249 g/mol. The average molecular weight is 249 g/mol. The van der Waals surface area contributed by atoms with E-state index in [2.05, 4.69) is 18.8 Å². The minimum atomic E-state index is 0.417. The molecule has 0 aromatic heterocycles. The number of diazo groups is 1. The average Bonchev–Trinajstić information content (AvgIpc) is 2.40. The van der Waals surface area contributed by atoms with Crippen LogP contribution in [0.2, 0.25) is 0 Å². The van der Waals surface area contributed by atoms with Crippen molar-refractivity contribution in [2.75, 3.05) is 13.2 Å². The van der Waals surface area contributed by atoms with Gasteiger partial charge < -0.3 is 9.47 Å². The Bertz CT molecular complexity index is 399. The van der Waals surface area contributed by atoms with E-state index in [-0.39, 0.29) is 0 Å². The maximum absolute atomic E-state index is 8.96. The molecule has 0 saturated heterocycles. The van der Waals surface area contributed by atoms with Crippen LogP contribution in [-0.4, -0.2) is 13.2 Å². The molecular formula is C14H21N2O2+. The molecule has 0 saturated carbocycles. The number of unbranched alkanes of at least 4 members (excludes halogenated alkanes) is 2. The van der Waals surface area contributed by atoms with Gasteiger partial charge in [-0.05, 0) is 25.0 Å². The van der Waals surface area contributed by atoms with Crippen molar-refractivity contribution >= 4 is 5.69 Å². The van der Waals surface area contributed by atoms with Crippen LogP contribution < -0.4 is 9.47 Å². The molecular weight excluding hydrogens is 228 g/mol. The maximum Gasteiger partial charge on any atom is 0.429 e. The van der Waals surface area contributed by atoms with Gasteiger partial charge in [-0.2, -0.15) is 0 Å². The predicted molar refractivity (Wildman–Crippen MR) is 72.0 cm³/mol. The lowest BCUT2D eigenvalue weighted by atomic mass is 10.2. The van der Waals surface area contributed by atoms with Crippen LogP contribution >= 0.6 is 0 Å². The van der Waals surface area contributed by atoms with E-state index in [1.807, 2.05) is 6.07 Å². The van der Waals surface area contributed by atoms with Crippen LogP contribution in [0.4, 0.5) is 5.69 Å². The van der Waals surface area contributed by atoms with Gasteiger partial charge in [0.2, 0.25) is 11.1 Å². The molecule has 0 atom stereocenters. The Hall–Kier alpha value is -1.76. The smallest absolute Gasteiger partial charge is 0.429 e. The third-order valence-corrected chi connectivity index (χ3v) is 2.56. The van der Waals surface area contributed by atoms with E-state index in [0.29, 0.717) is 30.4 Å². The van der Waals surface area contributed by atoms with Crippen LogP contribution in [-0.2, 0) is 0 Å². The van der Waals surface area contributed by atoms with Gasteiger partial charge in [0.25, 0.3) is 0 Å². The molecule has 4 nitrogen and oxygen atoms in total. The number of rotatable bonds is 8. The highest BCUT2D eigenvalue weighted by Gasteiger charge is 2.16. The van der Waals surface area contributed by atoms with Gasteiger partial charge in [0, 0.05) is 0 Å². The first kappa shape index (κ1) is 14.3. The van der Waals surface area contributed by atoms with Crippen LogP contribution in [0.1, 0.15) is 39.5 Å². The molecule has 0 spiro atoms. The highest BCUT2D eigenvalue weighted by atomic mass is 16.5. The SMILES string of the molecule is CCCCOc1ccc(OCCCC)c([N+]#N)c1. The van der Waals surface area contributed by atoms with Gasteiger partial charge >= 0.3 is 5.69 Å². The van der Waals surface area contributed by atoms with Gasteiger partial charge in [-0.1, -0.05) is 26.7 Å². The number of hydrogen-bond acceptors (Lipinski definition) is 3. The van der Waals surface area contributed by atoms with E-state index < -0.39 is 0 Å². The quantitative estimate of drug-likeness (QED) is 0.502. The second kappa shape index (κ2) is 8.35. The molecule has 0 aliphatic heterocycles. The molecule has 0 aliphatic rings. The summed E-state index contributed by atoms with van der Waals surface area (Å²) in [6, 6.07) is 5.31. The van der Waals surface area contributed by atoms with Gasteiger partial charge in [0.1, 0.15) is 5.75 Å². The van der Waals surface area contributed by atoms with Crippen LogP contribution in [0, 0.1) is 5.39 Å². The van der Waals surface area contributed by atoms with Gasteiger partial charge in [-0.15, -0.1) is 0 Å². The molecule has 0 radical (unpaired) electrons. The summed E-state index contributed by atoms with van der Waals surface area (Å²) in [6.45, 7) is 5.53. The van der Waals surface area contributed by atoms with Crippen molar-refractivity contribution in [3.05, 3.63) is 23.2 Å². The number of hydrogen-bond donors (Lipinski definition) is 0. The Morgan fingerprint density at radius 2 is 1.72 bits per heavy atom. The summed E-state index contributed by atoms with van der Waals surface area (Å²) in [6.07, 6.45) is 4.17. The summed E-state index contributed by atoms with van der Waals surface area (Å²) in [5.74, 6) is 1.30. The van der Waals surface area contributed by atoms with E-state index >= 15 is 0 Å². The summed E-state index contributed by atoms with van der Waals surface area (Å²) < 4.78 is 11.1. The first-order valence-electron chi connectivity index (χ1n) is 6.56. The molecule has 98 valence electrons. The lowest BCUT2D eigenvalue weighted by Crippen LogP contribution is -1.98. The van der Waals surface area contributed by atoms with Gasteiger partial charge in [-0.25, -0.2) is 0 Å². The van der Waals surface area contributed by atoms with Crippen molar-refractivity contribution in [3.63, 3.8) is 0 Å². The zero-order valence-corrected chi connectivity index (χ0v) is 11.2. The molecule has 0 amide bonds. The van der Waals surface area contributed by atoms with Gasteiger partial charge in [0.15, 0.2) is 4.98 Å². The molecule has 1 rings (SSSR count). The predicted octanol–water partition coefficient (Wildman–Crippen LogP) is 4.53. The molecule has 0 heterocycles. The van der Waals surface area contributed by atoms with Crippen molar-refractivity contribution in [2.45, 2.75) is 39.5 Å². The summed E-state index contributed by atoms with van der Waals surface area (Å²) in [5.41, 5.74) is 0.417. The Kier molecular flexibility index (Phi) is 6.63. The third-order valence-electron chi connectivity index (χ3n) is 2.56. The first-order valence-corrected chi connectivity index (χ1v) is 6.56. The fourth-order valence-electron chi connectivity index (χ4n) is 1.45. The number of ether oxygens (including phenoxy) is 2. The standard InChI is InChI=1S/C14H21N2O2/c1-3-5-9-17-12-7-8-14(13(11-12)16-15)18-10-6-4-2/h7-8,11H,3-6,9-10H2,1-2H3/q+1. The Morgan fingerprint density at radius 3 is 2.33 bits per heavy atom. The Labute approximate surface area is 109 Å². The van der Waals surface area contributed by atoms with Crippen LogP contribution in [0.15, 0.2) is 18.2 Å². The molecule has 18 heavy (non-hydrogen) atoms. The minimum Gasteiger partial charge on any atom is -0.493 e. The van der Waals surface area contributed by atoms with Crippen molar-refractivity contribution in [1.29, 1.82) is 5.39 Å². The maximum atomic E-state index is 8.96. The molecule has 0 fully saturated rings. The van der Waals surface area contributed by atoms with E-state index in [0.717, 1.165) is 25.7 Å². The van der Waals surface area contributed by atoms with E-state index in [1.54, 1.807) is 12.1 Å². The van der Waals surface area contributed by atoms with Crippen molar-refractivity contribution in [2.24, 2.45) is 0 Å². The second-order valence-corrected chi connectivity index (χ2v) is 4.13. The lowest BCUT2D eigenvalue weighted by molar-refractivity contribution is 0.302. The number of benzene rings is 1. The van der Waals surface area contributed by atoms with Gasteiger partial charge in [0.05, 0.1) is 19.3 Å². The third kappa shape index (κ3) is 4.62. The van der Waals surface area contributed by atoms with E-state index in [4.69, 9.17) is 14.9 Å². The summed E-state index contributed by atoms with van der Waals surface area (Å²) >= 11 is 0. The van der Waals surface area contributed by atoms with Crippen LogP contribution in [0.5, 0.6) is 11.5 Å². The Balaban J connectivity index is 2.62. The summed E-state index contributed by atoms with van der Waals surface area (Å²) in [5, 5.41) is 8.96. The van der Waals surface area contributed by atoms with Gasteiger partial charge in [-0.3, -0.25) is 0 Å². The molecule has 1 aromatic carbocycles. The normalized spacial score (nSPS) is 9.83. The zero-order valence-electron chi connectivity index (χ0n) is 11.2. The lowest BCUT2D eigenvalue weighted by Gasteiger charge is -2.06.